The van der Waals surface area contributed by atoms with Crippen molar-refractivity contribution in [1.29, 1.82) is 0 Å². The fourth-order valence-corrected chi connectivity index (χ4v) is 5.43. The molecule has 4 rings (SSSR count). The normalized spacial score (nSPS) is 42.0. The first kappa shape index (κ1) is 15.6. The van der Waals surface area contributed by atoms with Crippen molar-refractivity contribution in [3.05, 3.63) is 12.2 Å². The molecule has 0 aromatic heterocycles. The van der Waals surface area contributed by atoms with Crippen molar-refractivity contribution in [1.82, 2.24) is 0 Å². The maximum Gasteiger partial charge on any atom is 0.344 e. The van der Waals surface area contributed by atoms with Crippen LogP contribution in [0.15, 0.2) is 12.2 Å². The summed E-state index contributed by atoms with van der Waals surface area (Å²) in [5.41, 5.74) is 0.244. The fourth-order valence-electron chi connectivity index (χ4n) is 5.43. The number of rotatable bonds is 4. The van der Waals surface area contributed by atoms with Gasteiger partial charge in [-0.2, -0.15) is 0 Å². The van der Waals surface area contributed by atoms with Gasteiger partial charge in [0.15, 0.2) is 6.61 Å². The smallest absolute Gasteiger partial charge is 0.344 e. The predicted octanol–water partition coefficient (Wildman–Crippen LogP) is 3.25. The summed E-state index contributed by atoms with van der Waals surface area (Å²) in [6.45, 7) is 9.33. The van der Waals surface area contributed by atoms with Gasteiger partial charge < -0.3 is 9.47 Å². The second-order valence-corrected chi connectivity index (χ2v) is 8.06. The van der Waals surface area contributed by atoms with E-state index in [1.54, 1.807) is 6.92 Å². The van der Waals surface area contributed by atoms with Gasteiger partial charge >= 0.3 is 11.9 Å². The molecule has 0 spiro atoms. The fraction of sp³-hybridized carbons (Fsp3) is 0.778. The Hall–Kier alpha value is -1.32. The second-order valence-electron chi connectivity index (χ2n) is 8.06. The molecule has 4 heteroatoms. The summed E-state index contributed by atoms with van der Waals surface area (Å²) >= 11 is 0. The van der Waals surface area contributed by atoms with Crippen LogP contribution in [0.4, 0.5) is 0 Å². The first-order chi connectivity index (χ1) is 10.2. The number of carbonyl (C=O) groups excluding carboxylic acids is 2. The standard InChI is InChI=1S/C18H26O4/c1-11(2)16(20)21-10-15(19)22-18-8-13-5-14(9-18)7-17(4,6-13)12(18)3/h12-14H,1,5-10H2,2-4H3. The third-order valence-corrected chi connectivity index (χ3v) is 6.27. The molecule has 3 unspecified atom stereocenters. The Kier molecular flexibility index (Phi) is 3.61. The lowest BCUT2D eigenvalue weighted by Gasteiger charge is -2.64. The van der Waals surface area contributed by atoms with Crippen LogP contribution in [0, 0.1) is 23.2 Å². The average molecular weight is 306 g/mol. The van der Waals surface area contributed by atoms with E-state index in [0.29, 0.717) is 28.7 Å². The van der Waals surface area contributed by atoms with Crippen LogP contribution in [0.3, 0.4) is 0 Å². The lowest BCUT2D eigenvalue weighted by Crippen LogP contribution is -2.62. The Labute approximate surface area is 132 Å². The highest BCUT2D eigenvalue weighted by Gasteiger charge is 2.62. The van der Waals surface area contributed by atoms with Gasteiger partial charge in [-0.3, -0.25) is 0 Å². The number of hydrogen-bond donors (Lipinski definition) is 0. The van der Waals surface area contributed by atoms with Crippen LogP contribution in [-0.2, 0) is 19.1 Å². The Balaban J connectivity index is 1.67. The Bertz CT molecular complexity index is 507. The Morgan fingerprint density at radius 3 is 2.32 bits per heavy atom. The highest BCUT2D eigenvalue weighted by molar-refractivity contribution is 5.88. The van der Waals surface area contributed by atoms with Crippen LogP contribution >= 0.6 is 0 Å². The van der Waals surface area contributed by atoms with Crippen molar-refractivity contribution in [2.24, 2.45) is 23.2 Å². The van der Waals surface area contributed by atoms with Gasteiger partial charge in [0.25, 0.3) is 0 Å². The Morgan fingerprint density at radius 1 is 1.18 bits per heavy atom. The molecule has 122 valence electrons. The lowest BCUT2D eigenvalue weighted by molar-refractivity contribution is -0.227. The highest BCUT2D eigenvalue weighted by atomic mass is 16.6. The van der Waals surface area contributed by atoms with Gasteiger partial charge in [-0.1, -0.05) is 20.4 Å². The van der Waals surface area contributed by atoms with Crippen LogP contribution in [0.2, 0.25) is 0 Å². The van der Waals surface area contributed by atoms with Crippen molar-refractivity contribution < 1.29 is 19.1 Å². The van der Waals surface area contributed by atoms with Gasteiger partial charge in [0, 0.05) is 11.5 Å². The van der Waals surface area contributed by atoms with Gasteiger partial charge in [-0.05, 0) is 56.3 Å². The van der Waals surface area contributed by atoms with Crippen molar-refractivity contribution >= 4 is 11.9 Å². The number of carbonyl (C=O) groups is 2. The number of hydrogen-bond acceptors (Lipinski definition) is 4. The summed E-state index contributed by atoms with van der Waals surface area (Å²) < 4.78 is 10.8. The minimum absolute atomic E-state index is 0.290. The monoisotopic (exact) mass is 306 g/mol. The van der Waals surface area contributed by atoms with Gasteiger partial charge in [-0.15, -0.1) is 0 Å². The van der Waals surface area contributed by atoms with Crippen molar-refractivity contribution in [2.75, 3.05) is 6.61 Å². The third-order valence-electron chi connectivity index (χ3n) is 6.27. The molecule has 4 nitrogen and oxygen atoms in total. The quantitative estimate of drug-likeness (QED) is 0.591. The van der Waals surface area contributed by atoms with Gasteiger partial charge in [-0.25, -0.2) is 9.59 Å². The van der Waals surface area contributed by atoms with Crippen LogP contribution < -0.4 is 0 Å². The van der Waals surface area contributed by atoms with Crippen LogP contribution in [0.25, 0.3) is 0 Å². The average Bonchev–Trinajstić information content (AvgIpc) is 2.40. The van der Waals surface area contributed by atoms with E-state index in [4.69, 9.17) is 9.47 Å². The van der Waals surface area contributed by atoms with Crippen molar-refractivity contribution in [2.45, 2.75) is 58.5 Å². The van der Waals surface area contributed by atoms with Crippen LogP contribution in [-0.4, -0.2) is 24.1 Å². The Morgan fingerprint density at radius 2 is 1.77 bits per heavy atom. The van der Waals surface area contributed by atoms with E-state index in [0.717, 1.165) is 12.8 Å². The molecule has 0 amide bonds. The summed E-state index contributed by atoms with van der Waals surface area (Å²) in [7, 11) is 0. The number of ether oxygens (including phenoxy) is 2. The second kappa shape index (κ2) is 5.10. The summed E-state index contributed by atoms with van der Waals surface area (Å²) in [6, 6.07) is 0. The topological polar surface area (TPSA) is 52.6 Å². The van der Waals surface area contributed by atoms with Gasteiger partial charge in [0.05, 0.1) is 0 Å². The molecule has 0 aromatic rings. The van der Waals surface area contributed by atoms with Crippen LogP contribution in [0.1, 0.15) is 52.9 Å². The molecule has 4 fully saturated rings. The summed E-state index contributed by atoms with van der Waals surface area (Å²) in [4.78, 5) is 23.6. The van der Waals surface area contributed by atoms with E-state index < -0.39 is 11.9 Å². The molecule has 3 atom stereocenters. The van der Waals surface area contributed by atoms with E-state index in [9.17, 15) is 9.59 Å². The minimum Gasteiger partial charge on any atom is -0.456 e. The van der Waals surface area contributed by atoms with Crippen LogP contribution in [0.5, 0.6) is 0 Å². The summed E-state index contributed by atoms with van der Waals surface area (Å²) in [6.07, 6.45) is 5.75. The summed E-state index contributed by atoms with van der Waals surface area (Å²) in [5.74, 6) is 0.766. The van der Waals surface area contributed by atoms with E-state index in [1.807, 2.05) is 0 Å². The van der Waals surface area contributed by atoms with E-state index >= 15 is 0 Å². The third kappa shape index (κ3) is 2.46. The molecule has 0 saturated heterocycles. The first-order valence-corrected chi connectivity index (χ1v) is 8.28. The molecule has 0 N–H and O–H groups in total. The molecule has 0 heterocycles. The van der Waals surface area contributed by atoms with E-state index in [-0.39, 0.29) is 12.2 Å². The zero-order valence-electron chi connectivity index (χ0n) is 13.8. The number of esters is 2. The predicted molar refractivity (Wildman–Crippen MR) is 81.9 cm³/mol. The molecule has 0 radical (unpaired) electrons. The minimum atomic E-state index is -0.539. The largest absolute Gasteiger partial charge is 0.456 e. The van der Waals surface area contributed by atoms with Gasteiger partial charge in [0.1, 0.15) is 5.60 Å². The molecular formula is C18H26O4. The summed E-state index contributed by atoms with van der Waals surface area (Å²) in [5, 5.41) is 0. The van der Waals surface area contributed by atoms with E-state index in [1.165, 1.54) is 19.3 Å². The maximum atomic E-state index is 12.2. The molecular weight excluding hydrogens is 280 g/mol. The first-order valence-electron chi connectivity index (χ1n) is 8.28. The van der Waals surface area contributed by atoms with Crippen molar-refractivity contribution in [3.63, 3.8) is 0 Å². The van der Waals surface area contributed by atoms with E-state index in [2.05, 4.69) is 20.4 Å². The molecule has 4 bridgehead atoms. The SMILES string of the molecule is C=C(C)C(=O)OCC(=O)OC12CC3CC(CC(C)(C3)C1C)C2. The molecule has 0 aliphatic heterocycles. The molecule has 4 aliphatic rings. The molecule has 22 heavy (non-hydrogen) atoms. The van der Waals surface area contributed by atoms with Crippen molar-refractivity contribution in [3.8, 4) is 0 Å². The molecule has 4 saturated carbocycles. The highest BCUT2D eigenvalue weighted by Crippen LogP contribution is 2.65. The molecule has 4 aliphatic carbocycles. The maximum absolute atomic E-state index is 12.2. The van der Waals surface area contributed by atoms with Gasteiger partial charge in [0.2, 0.25) is 0 Å². The zero-order valence-corrected chi connectivity index (χ0v) is 13.8. The molecule has 0 aromatic carbocycles. The zero-order chi connectivity index (χ0) is 16.1. The lowest BCUT2D eigenvalue weighted by atomic mass is 9.44.